The van der Waals surface area contributed by atoms with Crippen molar-refractivity contribution in [3.05, 3.63) is 11.1 Å². The van der Waals surface area contributed by atoms with E-state index in [1.165, 1.54) is 0 Å². The SMILES string of the molecule is CCOC(=O)C1CCN(C(=NC)NCc2csc(N(C)C)n2)CC1. The molecule has 0 saturated carbocycles. The first-order valence-electron chi connectivity index (χ1n) is 8.29. The number of piperidine rings is 1. The fraction of sp³-hybridized carbons (Fsp3) is 0.688. The van der Waals surface area contributed by atoms with Crippen molar-refractivity contribution >= 4 is 28.4 Å². The number of carbonyl (C=O) groups is 1. The van der Waals surface area contributed by atoms with Crippen LogP contribution in [0.1, 0.15) is 25.5 Å². The van der Waals surface area contributed by atoms with Crippen LogP contribution in [0.4, 0.5) is 5.13 Å². The quantitative estimate of drug-likeness (QED) is 0.492. The highest BCUT2D eigenvalue weighted by Gasteiger charge is 2.27. The number of guanidine groups is 1. The number of anilines is 1. The number of likely N-dealkylation sites (tertiary alicyclic amines) is 1. The third kappa shape index (κ3) is 4.83. The highest BCUT2D eigenvalue weighted by Crippen LogP contribution is 2.20. The molecule has 24 heavy (non-hydrogen) atoms. The van der Waals surface area contributed by atoms with E-state index in [9.17, 15) is 4.79 Å². The lowest BCUT2D eigenvalue weighted by atomic mass is 9.97. The number of aromatic nitrogens is 1. The Morgan fingerprint density at radius 2 is 2.21 bits per heavy atom. The number of hydrogen-bond acceptors (Lipinski definition) is 6. The zero-order valence-corrected chi connectivity index (χ0v) is 15.7. The molecule has 0 unspecified atom stereocenters. The minimum Gasteiger partial charge on any atom is -0.466 e. The molecule has 7 nitrogen and oxygen atoms in total. The molecule has 8 heteroatoms. The number of aliphatic imine (C=N–C) groups is 1. The van der Waals surface area contributed by atoms with Crippen LogP contribution in [-0.2, 0) is 16.1 Å². The normalized spacial score (nSPS) is 16.2. The smallest absolute Gasteiger partial charge is 0.309 e. The van der Waals surface area contributed by atoms with Crippen molar-refractivity contribution in [3.63, 3.8) is 0 Å². The largest absolute Gasteiger partial charge is 0.466 e. The molecule has 2 rings (SSSR count). The summed E-state index contributed by atoms with van der Waals surface area (Å²) in [7, 11) is 5.76. The maximum absolute atomic E-state index is 11.8. The molecule has 2 heterocycles. The van der Waals surface area contributed by atoms with Crippen molar-refractivity contribution in [2.75, 3.05) is 45.7 Å². The van der Waals surface area contributed by atoms with Crippen molar-refractivity contribution in [2.45, 2.75) is 26.3 Å². The number of nitrogens with one attached hydrogen (secondary N) is 1. The molecular formula is C16H27N5O2S. The highest BCUT2D eigenvalue weighted by molar-refractivity contribution is 7.13. The van der Waals surface area contributed by atoms with Gasteiger partial charge in [0.25, 0.3) is 0 Å². The topological polar surface area (TPSA) is 70.1 Å². The summed E-state index contributed by atoms with van der Waals surface area (Å²) in [4.78, 5) is 24.9. The summed E-state index contributed by atoms with van der Waals surface area (Å²) in [6, 6.07) is 0. The second-order valence-corrected chi connectivity index (χ2v) is 6.77. The van der Waals surface area contributed by atoms with Crippen molar-refractivity contribution in [1.29, 1.82) is 0 Å². The second kappa shape index (κ2) is 8.86. The zero-order chi connectivity index (χ0) is 17.5. The Labute approximate surface area is 147 Å². The van der Waals surface area contributed by atoms with E-state index in [0.717, 1.165) is 42.7 Å². The second-order valence-electron chi connectivity index (χ2n) is 5.93. The van der Waals surface area contributed by atoms with Crippen LogP contribution in [0, 0.1) is 5.92 Å². The van der Waals surface area contributed by atoms with Gasteiger partial charge in [-0.3, -0.25) is 9.79 Å². The van der Waals surface area contributed by atoms with Crippen LogP contribution in [0.15, 0.2) is 10.4 Å². The molecule has 1 fully saturated rings. The molecule has 0 aromatic carbocycles. The molecular weight excluding hydrogens is 326 g/mol. The Hall–Kier alpha value is -1.83. The number of thiazole rings is 1. The summed E-state index contributed by atoms with van der Waals surface area (Å²) in [5.74, 6) is 0.802. The molecule has 0 aliphatic carbocycles. The lowest BCUT2D eigenvalue weighted by Crippen LogP contribution is -2.46. The Kier molecular flexibility index (Phi) is 6.84. The zero-order valence-electron chi connectivity index (χ0n) is 14.9. The molecule has 1 aliphatic rings. The van der Waals surface area contributed by atoms with E-state index in [-0.39, 0.29) is 11.9 Å². The van der Waals surface area contributed by atoms with Crippen molar-refractivity contribution in [3.8, 4) is 0 Å². The van der Waals surface area contributed by atoms with Gasteiger partial charge < -0.3 is 19.9 Å². The molecule has 0 atom stereocenters. The predicted molar refractivity (Wildman–Crippen MR) is 97.6 cm³/mol. The van der Waals surface area contributed by atoms with Gasteiger partial charge in [-0.1, -0.05) is 0 Å². The van der Waals surface area contributed by atoms with Gasteiger partial charge in [0.2, 0.25) is 0 Å². The highest BCUT2D eigenvalue weighted by atomic mass is 32.1. The minimum absolute atomic E-state index is 0.0143. The van der Waals surface area contributed by atoms with Crippen LogP contribution < -0.4 is 10.2 Å². The van der Waals surface area contributed by atoms with Gasteiger partial charge in [0.05, 0.1) is 24.8 Å². The standard InChI is InChI=1S/C16H27N5O2S/c1-5-23-14(22)12-6-8-21(9-7-12)15(17-2)18-10-13-11-24-16(19-13)20(3)4/h11-12H,5-10H2,1-4H3,(H,17,18). The molecule has 0 amide bonds. The van der Waals surface area contributed by atoms with E-state index in [0.29, 0.717) is 13.2 Å². The van der Waals surface area contributed by atoms with Gasteiger partial charge >= 0.3 is 5.97 Å². The Morgan fingerprint density at radius 1 is 1.50 bits per heavy atom. The summed E-state index contributed by atoms with van der Waals surface area (Å²) < 4.78 is 5.12. The van der Waals surface area contributed by atoms with Crippen LogP contribution in [-0.4, -0.2) is 62.7 Å². The fourth-order valence-electron chi connectivity index (χ4n) is 2.67. The average molecular weight is 353 g/mol. The first-order chi connectivity index (χ1) is 11.5. The Balaban J connectivity index is 1.83. The maximum atomic E-state index is 11.8. The van der Waals surface area contributed by atoms with Gasteiger partial charge in [0.1, 0.15) is 0 Å². The number of hydrogen-bond donors (Lipinski definition) is 1. The number of rotatable bonds is 5. The Bertz CT molecular complexity index is 565. The van der Waals surface area contributed by atoms with E-state index in [1.54, 1.807) is 18.4 Å². The molecule has 1 aromatic heterocycles. The number of nitrogens with zero attached hydrogens (tertiary/aromatic N) is 4. The average Bonchev–Trinajstić information content (AvgIpc) is 3.05. The molecule has 0 spiro atoms. The van der Waals surface area contributed by atoms with Crippen LogP contribution in [0.5, 0.6) is 0 Å². The van der Waals surface area contributed by atoms with Gasteiger partial charge in [0.15, 0.2) is 11.1 Å². The summed E-state index contributed by atoms with van der Waals surface area (Å²) in [6.45, 7) is 4.56. The molecule has 0 radical (unpaired) electrons. The van der Waals surface area contributed by atoms with Gasteiger partial charge in [-0.05, 0) is 19.8 Å². The number of carbonyl (C=O) groups excluding carboxylic acids is 1. The van der Waals surface area contributed by atoms with Crippen molar-refractivity contribution in [2.24, 2.45) is 10.9 Å². The molecule has 1 saturated heterocycles. The lowest BCUT2D eigenvalue weighted by molar-refractivity contribution is -0.149. The van der Waals surface area contributed by atoms with Gasteiger partial charge in [-0.25, -0.2) is 4.98 Å². The molecule has 1 aliphatic heterocycles. The number of esters is 1. The van der Waals surface area contributed by atoms with Crippen LogP contribution in [0.25, 0.3) is 0 Å². The van der Waals surface area contributed by atoms with Gasteiger partial charge in [0, 0.05) is 39.6 Å². The van der Waals surface area contributed by atoms with E-state index in [2.05, 4.69) is 25.6 Å². The van der Waals surface area contributed by atoms with Crippen LogP contribution in [0.2, 0.25) is 0 Å². The molecule has 1 N–H and O–H groups in total. The lowest BCUT2D eigenvalue weighted by Gasteiger charge is -2.33. The van der Waals surface area contributed by atoms with Gasteiger partial charge in [-0.15, -0.1) is 11.3 Å². The molecule has 0 bridgehead atoms. The fourth-order valence-corrected chi connectivity index (χ4v) is 3.43. The van der Waals surface area contributed by atoms with Crippen molar-refractivity contribution < 1.29 is 9.53 Å². The van der Waals surface area contributed by atoms with Crippen LogP contribution >= 0.6 is 11.3 Å². The van der Waals surface area contributed by atoms with Gasteiger partial charge in [-0.2, -0.15) is 0 Å². The minimum atomic E-state index is -0.0706. The van der Waals surface area contributed by atoms with Crippen LogP contribution in [0.3, 0.4) is 0 Å². The third-order valence-electron chi connectivity index (χ3n) is 3.98. The van der Waals surface area contributed by atoms with E-state index < -0.39 is 0 Å². The summed E-state index contributed by atoms with van der Waals surface area (Å²) in [5.41, 5.74) is 1.01. The predicted octanol–water partition coefficient (Wildman–Crippen LogP) is 1.56. The van der Waals surface area contributed by atoms with E-state index >= 15 is 0 Å². The monoisotopic (exact) mass is 353 g/mol. The summed E-state index contributed by atoms with van der Waals surface area (Å²) in [6.07, 6.45) is 1.61. The summed E-state index contributed by atoms with van der Waals surface area (Å²) >= 11 is 1.63. The summed E-state index contributed by atoms with van der Waals surface area (Å²) in [5, 5.41) is 6.42. The Morgan fingerprint density at radius 3 is 2.75 bits per heavy atom. The first-order valence-corrected chi connectivity index (χ1v) is 9.17. The van der Waals surface area contributed by atoms with E-state index in [1.807, 2.05) is 25.9 Å². The molecule has 134 valence electrons. The third-order valence-corrected chi connectivity index (χ3v) is 5.03. The molecule has 1 aromatic rings. The van der Waals surface area contributed by atoms with E-state index in [4.69, 9.17) is 4.74 Å². The maximum Gasteiger partial charge on any atom is 0.309 e. The number of ether oxygens (including phenoxy) is 1. The first kappa shape index (κ1) is 18.5. The van der Waals surface area contributed by atoms with Crippen molar-refractivity contribution in [1.82, 2.24) is 15.2 Å².